The van der Waals surface area contributed by atoms with E-state index in [9.17, 15) is 4.79 Å². The normalized spacial score (nSPS) is 10.8. The number of aryl methyl sites for hydroxylation is 1. The Kier molecular flexibility index (Phi) is 4.19. The number of benzene rings is 2. The summed E-state index contributed by atoms with van der Waals surface area (Å²) in [5, 5.41) is 3.15. The molecule has 4 rings (SSSR count). The van der Waals surface area contributed by atoms with Crippen molar-refractivity contribution >= 4 is 22.5 Å². The van der Waals surface area contributed by atoms with E-state index >= 15 is 0 Å². The van der Waals surface area contributed by atoms with Gasteiger partial charge in [0.2, 0.25) is 0 Å². The molecule has 5 heteroatoms. The zero-order valence-electron chi connectivity index (χ0n) is 14.4. The summed E-state index contributed by atoms with van der Waals surface area (Å²) < 4.78 is 1.71. The minimum Gasteiger partial charge on any atom is -0.336 e. The fourth-order valence-corrected chi connectivity index (χ4v) is 2.86. The first kappa shape index (κ1) is 16.0. The largest absolute Gasteiger partial charge is 0.336 e. The second-order valence-corrected chi connectivity index (χ2v) is 6.19. The first-order chi connectivity index (χ1) is 12.7. The van der Waals surface area contributed by atoms with Crippen LogP contribution in [0.4, 0.5) is 11.5 Å². The van der Waals surface area contributed by atoms with Crippen LogP contribution in [-0.4, -0.2) is 14.5 Å². The van der Waals surface area contributed by atoms with Gasteiger partial charge in [-0.05, 0) is 30.7 Å². The smallest absolute Gasteiger partial charge is 0.294 e. The lowest BCUT2D eigenvalue weighted by molar-refractivity contribution is 0.788. The Labute approximate surface area is 151 Å². The summed E-state index contributed by atoms with van der Waals surface area (Å²) >= 11 is 0. The molecule has 26 heavy (non-hydrogen) atoms. The van der Waals surface area contributed by atoms with Gasteiger partial charge in [-0.1, -0.05) is 48.0 Å². The molecule has 0 fully saturated rings. The first-order valence-electron chi connectivity index (χ1n) is 8.43. The third-order valence-electron chi connectivity index (χ3n) is 4.25. The van der Waals surface area contributed by atoms with Crippen LogP contribution >= 0.6 is 0 Å². The van der Waals surface area contributed by atoms with E-state index < -0.39 is 0 Å². The molecule has 4 aromatic rings. The highest BCUT2D eigenvalue weighted by Crippen LogP contribution is 2.17. The van der Waals surface area contributed by atoms with Crippen LogP contribution in [0, 0.1) is 6.92 Å². The number of aromatic nitrogens is 3. The Balaban J connectivity index is 1.82. The van der Waals surface area contributed by atoms with Crippen LogP contribution in [0.1, 0.15) is 11.1 Å². The number of hydrogen-bond acceptors (Lipinski definition) is 4. The van der Waals surface area contributed by atoms with E-state index in [1.807, 2.05) is 67.6 Å². The topological polar surface area (TPSA) is 59.8 Å². The van der Waals surface area contributed by atoms with Crippen LogP contribution in [0.5, 0.6) is 0 Å². The number of rotatable bonds is 4. The van der Waals surface area contributed by atoms with Crippen molar-refractivity contribution in [2.24, 2.45) is 0 Å². The maximum Gasteiger partial charge on any atom is 0.294 e. The molecule has 0 aliphatic heterocycles. The van der Waals surface area contributed by atoms with Crippen molar-refractivity contribution in [2.75, 3.05) is 5.32 Å². The van der Waals surface area contributed by atoms with Crippen molar-refractivity contribution in [2.45, 2.75) is 13.5 Å². The highest BCUT2D eigenvalue weighted by molar-refractivity contribution is 5.76. The van der Waals surface area contributed by atoms with E-state index in [1.165, 1.54) is 0 Å². The van der Waals surface area contributed by atoms with Crippen molar-refractivity contribution in [1.29, 1.82) is 0 Å². The first-order valence-corrected chi connectivity index (χ1v) is 8.43. The van der Waals surface area contributed by atoms with Gasteiger partial charge < -0.3 is 5.32 Å². The van der Waals surface area contributed by atoms with Gasteiger partial charge in [-0.25, -0.2) is 4.98 Å². The summed E-state index contributed by atoms with van der Waals surface area (Å²) in [4.78, 5) is 21.7. The van der Waals surface area contributed by atoms with Crippen LogP contribution in [0.25, 0.3) is 11.0 Å². The van der Waals surface area contributed by atoms with Crippen molar-refractivity contribution in [3.05, 3.63) is 94.5 Å². The second kappa shape index (κ2) is 6.80. The molecule has 2 aromatic carbocycles. The molecule has 0 atom stereocenters. The molecule has 0 saturated carbocycles. The third kappa shape index (κ3) is 3.19. The van der Waals surface area contributed by atoms with Gasteiger partial charge in [-0.2, -0.15) is 0 Å². The van der Waals surface area contributed by atoms with E-state index in [0.29, 0.717) is 12.4 Å². The average molecular weight is 342 g/mol. The van der Waals surface area contributed by atoms with Gasteiger partial charge in [0.1, 0.15) is 0 Å². The van der Waals surface area contributed by atoms with Crippen molar-refractivity contribution in [3.8, 4) is 0 Å². The number of nitrogens with zero attached hydrogens (tertiary/aromatic N) is 3. The van der Waals surface area contributed by atoms with Crippen LogP contribution < -0.4 is 10.9 Å². The standard InChI is InChI=1S/C21H18N4O/c1-15-7-9-17(10-8-15)23-20-21(26)25(14-16-5-3-2-4-6-16)19-13-22-12-11-18(19)24-20/h2-13H,14H2,1H3,(H,23,24). The predicted molar refractivity (Wildman–Crippen MR) is 104 cm³/mol. The summed E-state index contributed by atoms with van der Waals surface area (Å²) in [5.41, 5.74) is 4.32. The molecule has 5 nitrogen and oxygen atoms in total. The number of nitrogens with one attached hydrogen (secondary N) is 1. The van der Waals surface area contributed by atoms with Crippen LogP contribution in [-0.2, 0) is 6.54 Å². The van der Waals surface area contributed by atoms with Gasteiger partial charge in [0.25, 0.3) is 5.56 Å². The van der Waals surface area contributed by atoms with Crippen LogP contribution in [0.3, 0.4) is 0 Å². The van der Waals surface area contributed by atoms with Crippen LogP contribution in [0.15, 0.2) is 77.9 Å². The molecule has 0 saturated heterocycles. The lowest BCUT2D eigenvalue weighted by Gasteiger charge is -2.13. The predicted octanol–water partition coefficient (Wildman–Crippen LogP) is 3.89. The SMILES string of the molecule is Cc1ccc(Nc2nc3ccncc3n(Cc3ccccc3)c2=O)cc1. The Morgan fingerprint density at radius 2 is 1.77 bits per heavy atom. The minimum absolute atomic E-state index is 0.171. The number of pyridine rings is 1. The Hall–Kier alpha value is -3.47. The third-order valence-corrected chi connectivity index (χ3v) is 4.25. The van der Waals surface area contributed by atoms with E-state index in [-0.39, 0.29) is 5.56 Å². The Morgan fingerprint density at radius 1 is 1.00 bits per heavy atom. The lowest BCUT2D eigenvalue weighted by Crippen LogP contribution is -2.25. The zero-order valence-corrected chi connectivity index (χ0v) is 14.4. The van der Waals surface area contributed by atoms with Gasteiger partial charge >= 0.3 is 0 Å². The molecule has 0 bridgehead atoms. The molecular formula is C21H18N4O. The van der Waals surface area contributed by atoms with Gasteiger partial charge in [-0.3, -0.25) is 14.3 Å². The van der Waals surface area contributed by atoms with Gasteiger partial charge in [-0.15, -0.1) is 0 Å². The summed E-state index contributed by atoms with van der Waals surface area (Å²) in [6.45, 7) is 2.49. The highest BCUT2D eigenvalue weighted by Gasteiger charge is 2.12. The molecule has 1 N–H and O–H groups in total. The summed E-state index contributed by atoms with van der Waals surface area (Å²) in [6.07, 6.45) is 3.37. The molecule has 0 aliphatic carbocycles. The maximum absolute atomic E-state index is 13.1. The molecule has 2 aromatic heterocycles. The fraction of sp³-hybridized carbons (Fsp3) is 0.0952. The van der Waals surface area contributed by atoms with Crippen molar-refractivity contribution in [3.63, 3.8) is 0 Å². The maximum atomic E-state index is 13.1. The van der Waals surface area contributed by atoms with Gasteiger partial charge in [0.15, 0.2) is 5.82 Å². The van der Waals surface area contributed by atoms with E-state index in [2.05, 4.69) is 15.3 Å². The highest BCUT2D eigenvalue weighted by atomic mass is 16.1. The van der Waals surface area contributed by atoms with E-state index in [1.54, 1.807) is 17.0 Å². The molecule has 0 amide bonds. The number of fused-ring (bicyclic) bond motifs is 1. The van der Waals surface area contributed by atoms with E-state index in [0.717, 1.165) is 27.8 Å². The quantitative estimate of drug-likeness (QED) is 0.611. The molecular weight excluding hydrogens is 324 g/mol. The molecule has 0 unspecified atom stereocenters. The van der Waals surface area contributed by atoms with Crippen molar-refractivity contribution in [1.82, 2.24) is 14.5 Å². The summed E-state index contributed by atoms with van der Waals surface area (Å²) in [5.74, 6) is 0.309. The average Bonchev–Trinajstić information content (AvgIpc) is 2.67. The van der Waals surface area contributed by atoms with Gasteiger partial charge in [0, 0.05) is 11.9 Å². The fourth-order valence-electron chi connectivity index (χ4n) is 2.86. The Bertz CT molecular complexity index is 1100. The molecule has 2 heterocycles. The van der Waals surface area contributed by atoms with Crippen LogP contribution in [0.2, 0.25) is 0 Å². The second-order valence-electron chi connectivity index (χ2n) is 6.19. The van der Waals surface area contributed by atoms with Gasteiger partial charge in [0.05, 0.1) is 23.8 Å². The number of anilines is 2. The Morgan fingerprint density at radius 3 is 2.54 bits per heavy atom. The molecule has 0 spiro atoms. The number of hydrogen-bond donors (Lipinski definition) is 1. The summed E-state index contributed by atoms with van der Waals surface area (Å²) in [7, 11) is 0. The summed E-state index contributed by atoms with van der Waals surface area (Å²) in [6, 6.07) is 19.6. The van der Waals surface area contributed by atoms with E-state index in [4.69, 9.17) is 0 Å². The molecule has 0 radical (unpaired) electrons. The minimum atomic E-state index is -0.171. The monoisotopic (exact) mass is 342 g/mol. The van der Waals surface area contributed by atoms with Crippen molar-refractivity contribution < 1.29 is 0 Å². The zero-order chi connectivity index (χ0) is 17.9. The molecule has 0 aliphatic rings. The molecule has 128 valence electrons. The lowest BCUT2D eigenvalue weighted by atomic mass is 10.2.